The maximum atomic E-state index is 10.8. The Kier molecular flexibility index (Phi) is 4.61. The highest BCUT2D eigenvalue weighted by Crippen LogP contribution is 2.24. The van der Waals surface area contributed by atoms with Gasteiger partial charge in [0, 0.05) is 11.1 Å². The molecule has 2 amide bonds. The zero-order chi connectivity index (χ0) is 14.5. The maximum Gasteiger partial charge on any atom is 0.332 e. The molecular weight excluding hydrogens is 297 g/mol. The van der Waals surface area contributed by atoms with Gasteiger partial charge in [-0.05, 0) is 12.1 Å². The van der Waals surface area contributed by atoms with E-state index in [0.29, 0.717) is 15.8 Å². The van der Waals surface area contributed by atoms with Crippen LogP contribution in [0.3, 0.4) is 0 Å². The summed E-state index contributed by atoms with van der Waals surface area (Å²) in [6.45, 7) is 0. The van der Waals surface area contributed by atoms with Crippen LogP contribution in [0.2, 0.25) is 10.0 Å². The van der Waals surface area contributed by atoms with Crippen molar-refractivity contribution in [2.75, 3.05) is 0 Å². The molecule has 0 aliphatic heterocycles. The number of hydrogen-bond donors (Lipinski definition) is 2. The molecule has 2 rings (SSSR count). The molecule has 102 valence electrons. The summed E-state index contributed by atoms with van der Waals surface area (Å²) in [5.74, 6) is 0. The first-order chi connectivity index (χ1) is 9.58. The summed E-state index contributed by atoms with van der Waals surface area (Å²) in [5.41, 5.74) is 9.36. The molecule has 4 nitrogen and oxygen atoms in total. The fourth-order valence-electron chi connectivity index (χ4n) is 1.65. The average Bonchev–Trinajstić information content (AvgIpc) is 2.44. The third-order valence-corrected chi connectivity index (χ3v) is 3.26. The Balaban J connectivity index is 2.48. The van der Waals surface area contributed by atoms with Crippen LogP contribution in [-0.2, 0) is 0 Å². The molecule has 0 radical (unpaired) electrons. The van der Waals surface area contributed by atoms with Gasteiger partial charge in [-0.1, -0.05) is 59.6 Å². The van der Waals surface area contributed by atoms with Crippen molar-refractivity contribution in [2.45, 2.75) is 0 Å². The van der Waals surface area contributed by atoms with Gasteiger partial charge in [-0.15, -0.1) is 0 Å². The molecule has 0 heterocycles. The first-order valence-electron chi connectivity index (χ1n) is 5.72. The van der Waals surface area contributed by atoms with E-state index in [-0.39, 0.29) is 0 Å². The van der Waals surface area contributed by atoms with E-state index in [0.717, 1.165) is 11.1 Å². The summed E-state index contributed by atoms with van der Waals surface area (Å²) in [4.78, 5) is 10.8. The predicted molar refractivity (Wildman–Crippen MR) is 81.3 cm³/mol. The van der Waals surface area contributed by atoms with Gasteiger partial charge < -0.3 is 5.73 Å². The van der Waals surface area contributed by atoms with Gasteiger partial charge in [0.05, 0.1) is 15.8 Å². The molecule has 0 aromatic heterocycles. The van der Waals surface area contributed by atoms with E-state index >= 15 is 0 Å². The average molecular weight is 308 g/mol. The molecule has 0 unspecified atom stereocenters. The maximum absolute atomic E-state index is 10.8. The first-order valence-corrected chi connectivity index (χ1v) is 6.47. The fraction of sp³-hybridized carbons (Fsp3) is 0. The van der Waals surface area contributed by atoms with E-state index in [1.54, 1.807) is 18.2 Å². The lowest BCUT2D eigenvalue weighted by molar-refractivity contribution is 0.249. The summed E-state index contributed by atoms with van der Waals surface area (Å²) < 4.78 is 0. The number of carbonyl (C=O) groups is 1. The second-order valence-electron chi connectivity index (χ2n) is 3.93. The Morgan fingerprint density at radius 1 is 1.00 bits per heavy atom. The quantitative estimate of drug-likeness (QED) is 0.662. The topological polar surface area (TPSA) is 67.5 Å². The monoisotopic (exact) mass is 307 g/mol. The largest absolute Gasteiger partial charge is 0.350 e. The van der Waals surface area contributed by atoms with Gasteiger partial charge in [0.25, 0.3) is 0 Å². The van der Waals surface area contributed by atoms with Crippen molar-refractivity contribution in [1.82, 2.24) is 5.43 Å². The number of primary amides is 1. The highest BCUT2D eigenvalue weighted by Gasteiger charge is 2.09. The summed E-state index contributed by atoms with van der Waals surface area (Å²) >= 11 is 11.9. The van der Waals surface area contributed by atoms with E-state index in [4.69, 9.17) is 28.9 Å². The summed E-state index contributed by atoms with van der Waals surface area (Å²) in [5, 5.41) is 4.88. The minimum absolute atomic E-state index is 0.409. The van der Waals surface area contributed by atoms with E-state index in [2.05, 4.69) is 10.5 Å². The fourth-order valence-corrected chi connectivity index (χ4v) is 1.94. The zero-order valence-electron chi connectivity index (χ0n) is 10.3. The van der Waals surface area contributed by atoms with Gasteiger partial charge in [0.1, 0.15) is 0 Å². The Morgan fingerprint density at radius 2 is 1.70 bits per heavy atom. The lowest BCUT2D eigenvalue weighted by Gasteiger charge is -2.08. The van der Waals surface area contributed by atoms with Crippen LogP contribution in [0.15, 0.2) is 53.6 Å². The van der Waals surface area contributed by atoms with Gasteiger partial charge in [0.2, 0.25) is 0 Å². The van der Waals surface area contributed by atoms with Crippen LogP contribution in [-0.4, -0.2) is 11.7 Å². The van der Waals surface area contributed by atoms with E-state index < -0.39 is 6.03 Å². The minimum atomic E-state index is -0.738. The molecule has 20 heavy (non-hydrogen) atoms. The van der Waals surface area contributed by atoms with Crippen LogP contribution < -0.4 is 11.2 Å². The molecule has 6 heteroatoms. The van der Waals surface area contributed by atoms with E-state index in [1.165, 1.54) is 0 Å². The highest BCUT2D eigenvalue weighted by atomic mass is 35.5. The summed E-state index contributed by atoms with van der Waals surface area (Å²) in [6.07, 6.45) is 0. The Labute approximate surface area is 126 Å². The van der Waals surface area contributed by atoms with Crippen molar-refractivity contribution in [3.63, 3.8) is 0 Å². The number of carbonyl (C=O) groups excluding carboxylic acids is 1. The molecule has 0 aliphatic carbocycles. The van der Waals surface area contributed by atoms with Gasteiger partial charge in [-0.3, -0.25) is 0 Å². The molecule has 0 atom stereocenters. The normalized spacial score (nSPS) is 11.2. The smallest absolute Gasteiger partial charge is 0.332 e. The van der Waals surface area contributed by atoms with Gasteiger partial charge >= 0.3 is 6.03 Å². The number of amides is 2. The standard InChI is InChI=1S/C14H11Cl2N3O/c15-11-7-6-10(8-12(11)16)13(18-19-14(17)20)9-4-2-1-3-5-9/h1-8H,(H3,17,19,20)/b18-13+. The molecule has 0 saturated heterocycles. The number of rotatable bonds is 3. The van der Waals surface area contributed by atoms with Crippen molar-refractivity contribution < 1.29 is 4.79 Å². The van der Waals surface area contributed by atoms with Crippen molar-refractivity contribution in [1.29, 1.82) is 0 Å². The molecule has 0 bridgehead atoms. The van der Waals surface area contributed by atoms with Crippen molar-refractivity contribution in [3.8, 4) is 0 Å². The Hall–Kier alpha value is -2.04. The van der Waals surface area contributed by atoms with Gasteiger partial charge in [-0.25, -0.2) is 10.2 Å². The van der Waals surface area contributed by atoms with Crippen LogP contribution in [0, 0.1) is 0 Å². The van der Waals surface area contributed by atoms with Crippen LogP contribution in [0.25, 0.3) is 0 Å². The molecule has 0 fully saturated rings. The van der Waals surface area contributed by atoms with Crippen LogP contribution in [0.1, 0.15) is 11.1 Å². The minimum Gasteiger partial charge on any atom is -0.350 e. The molecule has 0 saturated carbocycles. The second kappa shape index (κ2) is 6.41. The van der Waals surface area contributed by atoms with Crippen molar-refractivity contribution in [3.05, 3.63) is 69.7 Å². The number of benzene rings is 2. The molecule has 3 N–H and O–H groups in total. The molecule has 0 aliphatic rings. The van der Waals surface area contributed by atoms with E-state index in [1.807, 2.05) is 30.3 Å². The van der Waals surface area contributed by atoms with Crippen LogP contribution in [0.4, 0.5) is 4.79 Å². The zero-order valence-corrected chi connectivity index (χ0v) is 11.8. The second-order valence-corrected chi connectivity index (χ2v) is 4.75. The number of halogens is 2. The van der Waals surface area contributed by atoms with Gasteiger partial charge in [0.15, 0.2) is 0 Å². The highest BCUT2D eigenvalue weighted by molar-refractivity contribution is 6.42. The first kappa shape index (κ1) is 14.4. The third kappa shape index (κ3) is 3.50. The van der Waals surface area contributed by atoms with Gasteiger partial charge in [-0.2, -0.15) is 5.10 Å². The third-order valence-electron chi connectivity index (χ3n) is 2.52. The van der Waals surface area contributed by atoms with Crippen molar-refractivity contribution in [2.24, 2.45) is 10.8 Å². The van der Waals surface area contributed by atoms with Crippen LogP contribution >= 0.6 is 23.2 Å². The Morgan fingerprint density at radius 3 is 2.30 bits per heavy atom. The number of hydrazone groups is 1. The summed E-state index contributed by atoms with van der Waals surface area (Å²) in [6, 6.07) is 13.7. The van der Waals surface area contributed by atoms with Crippen molar-refractivity contribution >= 4 is 34.9 Å². The Bertz CT molecular complexity index is 657. The number of nitrogens with zero attached hydrogens (tertiary/aromatic N) is 1. The predicted octanol–water partition coefficient (Wildman–Crippen LogP) is 3.41. The summed E-state index contributed by atoms with van der Waals surface area (Å²) in [7, 11) is 0. The molecule has 2 aromatic carbocycles. The van der Waals surface area contributed by atoms with Crippen LogP contribution in [0.5, 0.6) is 0 Å². The lowest BCUT2D eigenvalue weighted by atomic mass is 10.0. The number of nitrogens with one attached hydrogen (secondary N) is 1. The lowest BCUT2D eigenvalue weighted by Crippen LogP contribution is -2.26. The number of urea groups is 1. The number of hydrogen-bond acceptors (Lipinski definition) is 2. The number of nitrogens with two attached hydrogens (primary N) is 1. The SMILES string of the molecule is NC(=O)N/N=C(\c1ccccc1)c1ccc(Cl)c(Cl)c1. The van der Waals surface area contributed by atoms with E-state index in [9.17, 15) is 4.79 Å². The molecular formula is C14H11Cl2N3O. The molecule has 0 spiro atoms. The molecule has 2 aromatic rings.